The molecule has 5 heterocycles. The molecule has 0 saturated carbocycles. The number of pyridine rings is 3. The standard InChI is InChI=1S/C26H20F2N8/c1-13(2)32-15-9-14(10-29-11-15)22-21(28)20-19(12-31-22)35-36-24(20)26-33-23-17(7-8-30-25(23)34-26)16-5-3-4-6-18(16)27/h3-13,32H,1-2H3,(H,35,36)(H,30,33,34). The van der Waals surface area contributed by atoms with E-state index in [0.29, 0.717) is 39.2 Å². The maximum absolute atomic E-state index is 15.9. The SMILES string of the molecule is CC(C)Nc1cncc(-c2ncc3[nH]nc(-c4nc5nccc(-c6ccccc6F)c5[nH]4)c3c2F)c1. The summed E-state index contributed by atoms with van der Waals surface area (Å²) in [4.78, 5) is 20.5. The Labute approximate surface area is 203 Å². The van der Waals surface area contributed by atoms with Gasteiger partial charge in [0.1, 0.15) is 17.2 Å². The number of fused-ring (bicyclic) bond motifs is 2. The van der Waals surface area contributed by atoms with Crippen LogP contribution in [0.2, 0.25) is 0 Å². The molecule has 36 heavy (non-hydrogen) atoms. The molecule has 0 amide bonds. The van der Waals surface area contributed by atoms with E-state index in [-0.39, 0.29) is 28.6 Å². The van der Waals surface area contributed by atoms with Crippen LogP contribution in [0.3, 0.4) is 0 Å². The normalized spacial score (nSPS) is 11.6. The van der Waals surface area contributed by atoms with E-state index < -0.39 is 5.82 Å². The second-order valence-corrected chi connectivity index (χ2v) is 8.67. The van der Waals surface area contributed by atoms with E-state index in [1.54, 1.807) is 48.9 Å². The maximum atomic E-state index is 15.9. The molecular formula is C26H20F2N8. The highest BCUT2D eigenvalue weighted by Gasteiger charge is 2.22. The molecule has 0 bridgehead atoms. The van der Waals surface area contributed by atoms with Crippen LogP contribution in [-0.2, 0) is 0 Å². The minimum absolute atomic E-state index is 0.145. The number of nitrogens with zero attached hydrogens (tertiary/aromatic N) is 5. The lowest BCUT2D eigenvalue weighted by Gasteiger charge is -2.11. The van der Waals surface area contributed by atoms with E-state index >= 15 is 4.39 Å². The molecule has 0 aliphatic heterocycles. The highest BCUT2D eigenvalue weighted by Crippen LogP contribution is 2.34. The van der Waals surface area contributed by atoms with Gasteiger partial charge in [0.05, 0.1) is 28.3 Å². The Hall–Kier alpha value is -4.73. The quantitative estimate of drug-likeness (QED) is 0.290. The van der Waals surface area contributed by atoms with Gasteiger partial charge in [-0.15, -0.1) is 0 Å². The fourth-order valence-corrected chi connectivity index (χ4v) is 4.26. The molecule has 5 aromatic heterocycles. The van der Waals surface area contributed by atoms with Crippen molar-refractivity contribution >= 4 is 27.8 Å². The lowest BCUT2D eigenvalue weighted by atomic mass is 10.1. The summed E-state index contributed by atoms with van der Waals surface area (Å²) in [7, 11) is 0. The molecule has 8 nitrogen and oxygen atoms in total. The molecule has 0 radical (unpaired) electrons. The topological polar surface area (TPSA) is 108 Å². The van der Waals surface area contributed by atoms with Gasteiger partial charge in [0.25, 0.3) is 0 Å². The second-order valence-electron chi connectivity index (χ2n) is 8.67. The Morgan fingerprint density at radius 3 is 2.64 bits per heavy atom. The van der Waals surface area contributed by atoms with Gasteiger partial charge >= 0.3 is 0 Å². The van der Waals surface area contributed by atoms with E-state index in [9.17, 15) is 4.39 Å². The molecule has 6 aromatic rings. The van der Waals surface area contributed by atoms with Crippen molar-refractivity contribution in [2.24, 2.45) is 0 Å². The molecular weight excluding hydrogens is 462 g/mol. The molecule has 3 N–H and O–H groups in total. The molecule has 10 heteroatoms. The Balaban J connectivity index is 1.50. The van der Waals surface area contributed by atoms with Crippen molar-refractivity contribution in [2.45, 2.75) is 19.9 Å². The third kappa shape index (κ3) is 3.63. The molecule has 1 aromatic carbocycles. The minimum atomic E-state index is -0.553. The number of aromatic amines is 2. The molecule has 6 rings (SSSR count). The number of H-pyrrole nitrogens is 2. The predicted octanol–water partition coefficient (Wildman–Crippen LogP) is 5.72. The maximum Gasteiger partial charge on any atom is 0.178 e. The number of anilines is 1. The Bertz CT molecular complexity index is 1740. The molecule has 0 unspecified atom stereocenters. The van der Waals surface area contributed by atoms with Crippen LogP contribution in [0.5, 0.6) is 0 Å². The number of nitrogens with one attached hydrogen (secondary N) is 3. The summed E-state index contributed by atoms with van der Waals surface area (Å²) in [5.74, 6) is -0.615. The van der Waals surface area contributed by atoms with Gasteiger partial charge in [0.15, 0.2) is 17.3 Å². The van der Waals surface area contributed by atoms with Gasteiger partial charge in [-0.1, -0.05) is 18.2 Å². The predicted molar refractivity (Wildman–Crippen MR) is 134 cm³/mol. The first-order chi connectivity index (χ1) is 17.5. The zero-order valence-electron chi connectivity index (χ0n) is 19.3. The van der Waals surface area contributed by atoms with E-state index in [0.717, 1.165) is 5.69 Å². The van der Waals surface area contributed by atoms with Gasteiger partial charge in [-0.25, -0.2) is 18.7 Å². The van der Waals surface area contributed by atoms with Gasteiger partial charge in [-0.05, 0) is 32.0 Å². The van der Waals surface area contributed by atoms with Crippen molar-refractivity contribution in [3.8, 4) is 33.9 Å². The number of hydrogen-bond donors (Lipinski definition) is 3. The summed E-state index contributed by atoms with van der Waals surface area (Å²) in [6, 6.07) is 10.2. The molecule has 0 aliphatic carbocycles. The average Bonchev–Trinajstić information content (AvgIpc) is 3.49. The van der Waals surface area contributed by atoms with Crippen molar-refractivity contribution in [1.29, 1.82) is 0 Å². The summed E-state index contributed by atoms with van der Waals surface area (Å²) < 4.78 is 30.4. The molecule has 0 saturated heterocycles. The fourth-order valence-electron chi connectivity index (χ4n) is 4.26. The summed E-state index contributed by atoms with van der Waals surface area (Å²) in [5, 5.41) is 10.6. The van der Waals surface area contributed by atoms with E-state index in [1.807, 2.05) is 13.8 Å². The molecule has 0 atom stereocenters. The van der Waals surface area contributed by atoms with Crippen molar-refractivity contribution in [3.05, 3.63) is 72.8 Å². The van der Waals surface area contributed by atoms with Gasteiger partial charge < -0.3 is 10.3 Å². The third-order valence-electron chi connectivity index (χ3n) is 5.79. The van der Waals surface area contributed by atoms with Crippen LogP contribution in [0.25, 0.3) is 56.0 Å². The zero-order valence-corrected chi connectivity index (χ0v) is 19.3. The minimum Gasteiger partial charge on any atom is -0.382 e. The monoisotopic (exact) mass is 482 g/mol. The fraction of sp³-hybridized carbons (Fsp3) is 0.115. The van der Waals surface area contributed by atoms with Crippen LogP contribution in [0.1, 0.15) is 13.8 Å². The first-order valence-electron chi connectivity index (χ1n) is 11.3. The van der Waals surface area contributed by atoms with E-state index in [2.05, 4.69) is 40.4 Å². The largest absolute Gasteiger partial charge is 0.382 e. The highest BCUT2D eigenvalue weighted by molar-refractivity contribution is 5.97. The van der Waals surface area contributed by atoms with Crippen LogP contribution in [0.15, 0.2) is 61.2 Å². The van der Waals surface area contributed by atoms with Crippen LogP contribution >= 0.6 is 0 Å². The Kier molecular flexibility index (Phi) is 5.14. The average molecular weight is 482 g/mol. The molecule has 178 valence electrons. The number of rotatable bonds is 5. The molecule has 0 aliphatic rings. The smallest absolute Gasteiger partial charge is 0.178 e. The number of aromatic nitrogens is 7. The van der Waals surface area contributed by atoms with Crippen LogP contribution in [0, 0.1) is 11.6 Å². The summed E-state index contributed by atoms with van der Waals surface area (Å²) in [5.41, 5.74) is 4.03. The lowest BCUT2D eigenvalue weighted by Crippen LogP contribution is -2.09. The van der Waals surface area contributed by atoms with Gasteiger partial charge in [-0.2, -0.15) is 5.10 Å². The second kappa shape index (κ2) is 8.49. The van der Waals surface area contributed by atoms with Crippen LogP contribution < -0.4 is 5.32 Å². The molecule has 0 spiro atoms. The van der Waals surface area contributed by atoms with Crippen LogP contribution in [-0.4, -0.2) is 41.2 Å². The first kappa shape index (κ1) is 21.8. The Morgan fingerprint density at radius 1 is 0.944 bits per heavy atom. The zero-order chi connectivity index (χ0) is 24.8. The molecule has 0 fully saturated rings. The van der Waals surface area contributed by atoms with Crippen molar-refractivity contribution < 1.29 is 8.78 Å². The number of hydrogen-bond acceptors (Lipinski definition) is 6. The number of halogens is 2. The summed E-state index contributed by atoms with van der Waals surface area (Å²) in [6.07, 6.45) is 6.33. The van der Waals surface area contributed by atoms with Crippen molar-refractivity contribution in [3.63, 3.8) is 0 Å². The summed E-state index contributed by atoms with van der Waals surface area (Å²) in [6.45, 7) is 4.02. The van der Waals surface area contributed by atoms with Gasteiger partial charge in [-0.3, -0.25) is 15.1 Å². The summed E-state index contributed by atoms with van der Waals surface area (Å²) >= 11 is 0. The number of benzene rings is 1. The van der Waals surface area contributed by atoms with Crippen molar-refractivity contribution in [2.75, 3.05) is 5.32 Å². The highest BCUT2D eigenvalue weighted by atomic mass is 19.1. The van der Waals surface area contributed by atoms with Gasteiger partial charge in [0.2, 0.25) is 0 Å². The van der Waals surface area contributed by atoms with E-state index in [4.69, 9.17) is 0 Å². The number of imidazole rings is 1. The van der Waals surface area contributed by atoms with Crippen molar-refractivity contribution in [1.82, 2.24) is 35.1 Å². The van der Waals surface area contributed by atoms with Gasteiger partial charge in [0, 0.05) is 41.3 Å². The first-order valence-corrected chi connectivity index (χ1v) is 11.3. The lowest BCUT2D eigenvalue weighted by molar-refractivity contribution is 0.631. The third-order valence-corrected chi connectivity index (χ3v) is 5.79. The van der Waals surface area contributed by atoms with E-state index in [1.165, 1.54) is 12.3 Å². The van der Waals surface area contributed by atoms with Crippen LogP contribution in [0.4, 0.5) is 14.5 Å². The Morgan fingerprint density at radius 2 is 1.81 bits per heavy atom.